The van der Waals surface area contributed by atoms with Gasteiger partial charge in [0, 0.05) is 25.7 Å². The van der Waals surface area contributed by atoms with Gasteiger partial charge in [-0.3, -0.25) is 14.2 Å². The first-order valence-electron chi connectivity index (χ1n) is 9.70. The molecule has 0 spiro atoms. The number of aromatic hydroxyl groups is 1. The Morgan fingerprint density at radius 2 is 2.10 bits per heavy atom. The van der Waals surface area contributed by atoms with E-state index in [1.54, 1.807) is 11.0 Å². The van der Waals surface area contributed by atoms with Gasteiger partial charge >= 0.3 is 0 Å². The predicted octanol–water partition coefficient (Wildman–Crippen LogP) is 0.996. The van der Waals surface area contributed by atoms with E-state index in [4.69, 9.17) is 0 Å². The number of carbonyl (C=O) groups excluding carboxylic acids is 1. The van der Waals surface area contributed by atoms with E-state index in [2.05, 4.69) is 20.4 Å². The van der Waals surface area contributed by atoms with Crippen LogP contribution in [0.2, 0.25) is 0 Å². The topological polar surface area (TPSA) is 118 Å². The lowest BCUT2D eigenvalue weighted by Crippen LogP contribution is -2.32. The molecule has 1 aliphatic heterocycles. The van der Waals surface area contributed by atoms with E-state index >= 15 is 0 Å². The zero-order valence-electron chi connectivity index (χ0n) is 17.0. The fourth-order valence-corrected chi connectivity index (χ4v) is 3.54. The van der Waals surface area contributed by atoms with E-state index in [0.717, 1.165) is 16.8 Å². The van der Waals surface area contributed by atoms with Gasteiger partial charge in [0.1, 0.15) is 12.7 Å². The molecule has 1 aromatic carbocycles. The Kier molecular flexibility index (Phi) is 4.98. The third kappa shape index (κ3) is 3.40. The molecule has 4 rings (SSSR count). The van der Waals surface area contributed by atoms with Crippen LogP contribution in [0.15, 0.2) is 35.6 Å². The summed E-state index contributed by atoms with van der Waals surface area (Å²) in [5.41, 5.74) is 1.75. The first kappa shape index (κ1) is 19.6. The quantitative estimate of drug-likeness (QED) is 0.645. The molecule has 0 aliphatic carbocycles. The summed E-state index contributed by atoms with van der Waals surface area (Å²) in [6, 6.07) is 5.87. The summed E-state index contributed by atoms with van der Waals surface area (Å²) in [6.45, 7) is 7.13. The van der Waals surface area contributed by atoms with E-state index < -0.39 is 17.2 Å². The maximum Gasteiger partial charge on any atom is 0.298 e. The molecular weight excluding hydrogens is 386 g/mol. The molecule has 0 saturated carbocycles. The van der Waals surface area contributed by atoms with Gasteiger partial charge in [0.15, 0.2) is 5.69 Å². The van der Waals surface area contributed by atoms with Crippen molar-refractivity contribution in [2.75, 3.05) is 11.4 Å². The van der Waals surface area contributed by atoms with Crippen LogP contribution in [-0.4, -0.2) is 47.9 Å². The second-order valence-corrected chi connectivity index (χ2v) is 7.51. The van der Waals surface area contributed by atoms with E-state index in [1.165, 1.54) is 10.9 Å². The SMILES string of the molecule is Cc1ccc(CNC(=O)c2nc3n(c(=O)c2O)CCN3C(C)C)c(-n2cncn2)c1. The minimum atomic E-state index is -0.637. The van der Waals surface area contributed by atoms with Crippen LogP contribution in [0, 0.1) is 6.92 Å². The second-order valence-electron chi connectivity index (χ2n) is 7.51. The van der Waals surface area contributed by atoms with Crippen LogP contribution in [0.25, 0.3) is 5.69 Å². The van der Waals surface area contributed by atoms with Gasteiger partial charge in [0.05, 0.1) is 5.69 Å². The lowest BCUT2D eigenvalue weighted by Gasteiger charge is -2.21. The van der Waals surface area contributed by atoms with Crippen molar-refractivity contribution in [3.8, 4) is 11.4 Å². The van der Waals surface area contributed by atoms with Crippen molar-refractivity contribution in [3.05, 3.63) is 58.0 Å². The number of amides is 1. The van der Waals surface area contributed by atoms with Crippen molar-refractivity contribution in [2.45, 2.75) is 39.9 Å². The Bertz CT molecular complexity index is 1150. The number of nitrogens with zero attached hydrogens (tertiary/aromatic N) is 6. The van der Waals surface area contributed by atoms with Crippen molar-refractivity contribution in [1.29, 1.82) is 0 Å². The number of anilines is 1. The highest BCUT2D eigenvalue weighted by Crippen LogP contribution is 2.23. The minimum absolute atomic E-state index is 0.115. The number of fused-ring (bicyclic) bond motifs is 1. The summed E-state index contributed by atoms with van der Waals surface area (Å²) < 4.78 is 3.02. The number of aryl methyl sites for hydroxylation is 1. The predicted molar refractivity (Wildman–Crippen MR) is 110 cm³/mol. The average molecular weight is 409 g/mol. The Labute approximate surface area is 172 Å². The molecule has 2 aromatic heterocycles. The van der Waals surface area contributed by atoms with Crippen LogP contribution in [0.3, 0.4) is 0 Å². The highest BCUT2D eigenvalue weighted by molar-refractivity contribution is 5.95. The van der Waals surface area contributed by atoms with Crippen LogP contribution in [0.1, 0.15) is 35.5 Å². The Hall–Kier alpha value is -3.69. The van der Waals surface area contributed by atoms with Gasteiger partial charge in [-0.05, 0) is 38.0 Å². The average Bonchev–Trinajstić information content (AvgIpc) is 3.39. The maximum atomic E-state index is 12.8. The first-order chi connectivity index (χ1) is 14.4. The number of benzene rings is 1. The van der Waals surface area contributed by atoms with Gasteiger partial charge in [-0.25, -0.2) is 14.6 Å². The molecule has 3 heterocycles. The lowest BCUT2D eigenvalue weighted by molar-refractivity contribution is 0.0942. The summed E-state index contributed by atoms with van der Waals surface area (Å²) in [7, 11) is 0. The second kappa shape index (κ2) is 7.62. The number of hydrogen-bond donors (Lipinski definition) is 2. The molecule has 156 valence electrons. The standard InChI is InChI=1S/C20H23N7O3/c1-12(2)25-6-7-26-19(30)17(28)16(24-20(25)26)18(29)22-9-14-5-4-13(3)8-15(14)27-11-21-10-23-27/h4-5,8,10-12,28H,6-7,9H2,1-3H3,(H,22,29). The van der Waals surface area contributed by atoms with Crippen molar-refractivity contribution >= 4 is 11.9 Å². The Morgan fingerprint density at radius 1 is 1.30 bits per heavy atom. The summed E-state index contributed by atoms with van der Waals surface area (Å²) in [5.74, 6) is -0.854. The molecule has 0 atom stereocenters. The smallest absolute Gasteiger partial charge is 0.298 e. The highest BCUT2D eigenvalue weighted by atomic mass is 16.3. The highest BCUT2D eigenvalue weighted by Gasteiger charge is 2.29. The van der Waals surface area contributed by atoms with Gasteiger partial charge in [0.2, 0.25) is 11.7 Å². The normalized spacial score (nSPS) is 13.0. The van der Waals surface area contributed by atoms with Gasteiger partial charge in [0.25, 0.3) is 11.5 Å². The number of nitrogens with one attached hydrogen (secondary N) is 1. The molecule has 10 heteroatoms. The van der Waals surface area contributed by atoms with Crippen LogP contribution in [0.4, 0.5) is 5.95 Å². The molecule has 0 saturated heterocycles. The third-order valence-electron chi connectivity index (χ3n) is 5.13. The van der Waals surface area contributed by atoms with Gasteiger partial charge in [-0.15, -0.1) is 0 Å². The molecule has 3 aromatic rings. The van der Waals surface area contributed by atoms with Crippen molar-refractivity contribution in [1.82, 2.24) is 29.6 Å². The van der Waals surface area contributed by atoms with Crippen molar-refractivity contribution in [3.63, 3.8) is 0 Å². The van der Waals surface area contributed by atoms with E-state index in [9.17, 15) is 14.7 Å². The molecule has 30 heavy (non-hydrogen) atoms. The molecule has 0 unspecified atom stereocenters. The number of hydrogen-bond acceptors (Lipinski definition) is 7. The fourth-order valence-electron chi connectivity index (χ4n) is 3.54. The summed E-state index contributed by atoms with van der Waals surface area (Å²) in [5, 5.41) is 17.2. The molecule has 0 bridgehead atoms. The Balaban J connectivity index is 1.62. The lowest BCUT2D eigenvalue weighted by atomic mass is 10.1. The van der Waals surface area contributed by atoms with E-state index in [-0.39, 0.29) is 18.3 Å². The van der Waals surface area contributed by atoms with E-state index in [1.807, 2.05) is 43.9 Å². The number of rotatable bonds is 5. The zero-order chi connectivity index (χ0) is 21.4. The minimum Gasteiger partial charge on any atom is -0.501 e. The molecule has 10 nitrogen and oxygen atoms in total. The molecule has 1 aliphatic rings. The van der Waals surface area contributed by atoms with Crippen LogP contribution in [-0.2, 0) is 13.1 Å². The molecule has 1 amide bonds. The first-order valence-corrected chi connectivity index (χ1v) is 9.70. The molecule has 2 N–H and O–H groups in total. The van der Waals surface area contributed by atoms with Gasteiger partial charge < -0.3 is 15.3 Å². The molecular formula is C20H23N7O3. The maximum absolute atomic E-state index is 12.8. The Morgan fingerprint density at radius 3 is 2.80 bits per heavy atom. The van der Waals surface area contributed by atoms with Crippen molar-refractivity contribution < 1.29 is 9.90 Å². The largest absolute Gasteiger partial charge is 0.501 e. The van der Waals surface area contributed by atoms with Crippen LogP contribution < -0.4 is 15.8 Å². The monoisotopic (exact) mass is 409 g/mol. The summed E-state index contributed by atoms with van der Waals surface area (Å²) >= 11 is 0. The molecule has 0 radical (unpaired) electrons. The number of aromatic nitrogens is 5. The number of carbonyl (C=O) groups is 1. The zero-order valence-corrected chi connectivity index (χ0v) is 17.0. The summed E-state index contributed by atoms with van der Waals surface area (Å²) in [4.78, 5) is 35.5. The van der Waals surface area contributed by atoms with Crippen LogP contribution >= 0.6 is 0 Å². The van der Waals surface area contributed by atoms with E-state index in [0.29, 0.717) is 19.0 Å². The van der Waals surface area contributed by atoms with Crippen molar-refractivity contribution in [2.24, 2.45) is 0 Å². The summed E-state index contributed by atoms with van der Waals surface area (Å²) in [6.07, 6.45) is 3.01. The fraction of sp³-hybridized carbons (Fsp3) is 0.350. The molecule has 0 fully saturated rings. The van der Waals surface area contributed by atoms with Gasteiger partial charge in [-0.1, -0.05) is 12.1 Å². The third-order valence-corrected chi connectivity index (χ3v) is 5.13. The van der Waals surface area contributed by atoms with Gasteiger partial charge in [-0.2, -0.15) is 5.10 Å². The van der Waals surface area contributed by atoms with Crippen LogP contribution in [0.5, 0.6) is 5.75 Å².